The summed E-state index contributed by atoms with van der Waals surface area (Å²) in [5, 5.41) is 1.18. The summed E-state index contributed by atoms with van der Waals surface area (Å²) in [6, 6.07) is 16.7. The maximum Gasteiger partial charge on any atom is 0.348 e. The van der Waals surface area contributed by atoms with E-state index in [1.807, 2.05) is 0 Å². The summed E-state index contributed by atoms with van der Waals surface area (Å²) < 4.78 is 28.1. The fourth-order valence-electron chi connectivity index (χ4n) is 4.10. The van der Waals surface area contributed by atoms with E-state index in [4.69, 9.17) is 34.6 Å². The lowest BCUT2D eigenvalue weighted by atomic mass is 9.97. The van der Waals surface area contributed by atoms with Crippen molar-refractivity contribution in [3.63, 3.8) is 0 Å². The van der Waals surface area contributed by atoms with Crippen molar-refractivity contribution >= 4 is 39.3 Å². The number of benzene rings is 3. The molecule has 0 aliphatic carbocycles. The van der Waals surface area contributed by atoms with Gasteiger partial charge in [0.05, 0.1) is 26.7 Å². The minimum absolute atomic E-state index is 0.0275. The first-order valence-corrected chi connectivity index (χ1v) is 10.9. The molecule has 0 radical (unpaired) electrons. The molecule has 35 heavy (non-hydrogen) atoms. The highest BCUT2D eigenvalue weighted by molar-refractivity contribution is 6.30. The number of fused-ring (bicyclic) bond motifs is 3. The van der Waals surface area contributed by atoms with Gasteiger partial charge in [-0.2, -0.15) is 0 Å². The molecule has 0 saturated carbocycles. The quantitative estimate of drug-likeness (QED) is 0.209. The Hall–Kier alpha value is -4.23. The normalized spacial score (nSPS) is 11.1. The van der Waals surface area contributed by atoms with Crippen LogP contribution in [0.15, 0.2) is 74.3 Å². The van der Waals surface area contributed by atoms with E-state index in [0.717, 1.165) is 0 Å². The second kappa shape index (κ2) is 8.85. The molecule has 2 heterocycles. The molecule has 0 aliphatic heterocycles. The molecule has 2 aromatic heterocycles. The van der Waals surface area contributed by atoms with E-state index in [2.05, 4.69) is 0 Å². The number of ether oxygens (including phenoxy) is 3. The fraction of sp³-hybridized carbons (Fsp3) is 0.111. The van der Waals surface area contributed by atoms with Crippen molar-refractivity contribution in [2.75, 3.05) is 21.3 Å². The molecule has 7 nitrogen and oxygen atoms in total. The second-order valence-electron chi connectivity index (χ2n) is 7.65. The first-order valence-electron chi connectivity index (χ1n) is 10.6. The van der Waals surface area contributed by atoms with Crippen LogP contribution in [0.5, 0.6) is 17.2 Å². The zero-order valence-electron chi connectivity index (χ0n) is 19.0. The first-order chi connectivity index (χ1) is 17.0. The Morgan fingerprint density at radius 1 is 0.857 bits per heavy atom. The average Bonchev–Trinajstić information content (AvgIpc) is 3.29. The average molecular weight is 491 g/mol. The standard InChI is InChI=1S/C27H19ClO7/c1-31-19-12-15(13-20(32-2)25(19)33-3)21-22-24(17-6-4-5-7-18(17)34-27(22)30)35-26(21)23(29)14-8-10-16(28)11-9-14/h4-13H,1-3H3. The Kier molecular flexibility index (Phi) is 5.70. The van der Waals surface area contributed by atoms with E-state index in [0.29, 0.717) is 44.4 Å². The molecule has 0 unspecified atom stereocenters. The van der Waals surface area contributed by atoms with Crippen LogP contribution in [0.2, 0.25) is 5.02 Å². The highest BCUT2D eigenvalue weighted by Crippen LogP contribution is 2.45. The lowest BCUT2D eigenvalue weighted by molar-refractivity contribution is 0.101. The summed E-state index contributed by atoms with van der Waals surface area (Å²) in [6.45, 7) is 0. The number of methoxy groups -OCH3 is 3. The molecule has 0 spiro atoms. The van der Waals surface area contributed by atoms with Gasteiger partial charge in [0, 0.05) is 16.1 Å². The van der Waals surface area contributed by atoms with E-state index in [1.165, 1.54) is 21.3 Å². The molecule has 0 amide bonds. The van der Waals surface area contributed by atoms with Gasteiger partial charge in [-0.1, -0.05) is 23.7 Å². The van der Waals surface area contributed by atoms with Gasteiger partial charge in [0.2, 0.25) is 11.5 Å². The van der Waals surface area contributed by atoms with E-state index in [-0.39, 0.29) is 22.3 Å². The number of hydrogen-bond acceptors (Lipinski definition) is 7. The zero-order valence-corrected chi connectivity index (χ0v) is 19.8. The Bertz CT molecular complexity index is 1620. The summed E-state index contributed by atoms with van der Waals surface area (Å²) >= 11 is 6.01. The van der Waals surface area contributed by atoms with Crippen molar-refractivity contribution in [1.29, 1.82) is 0 Å². The summed E-state index contributed by atoms with van der Waals surface area (Å²) in [5.74, 6) is 0.623. The van der Waals surface area contributed by atoms with Gasteiger partial charge in [0.15, 0.2) is 22.8 Å². The van der Waals surface area contributed by atoms with Gasteiger partial charge in [0.25, 0.3) is 0 Å². The predicted octanol–water partition coefficient (Wildman–Crippen LogP) is 6.12. The molecule has 0 N–H and O–H groups in total. The maximum absolute atomic E-state index is 13.6. The number of furan rings is 1. The zero-order chi connectivity index (χ0) is 24.7. The van der Waals surface area contributed by atoms with Crippen molar-refractivity contribution in [1.82, 2.24) is 0 Å². The summed E-state index contributed by atoms with van der Waals surface area (Å²) in [5.41, 5.74) is 1.02. The largest absolute Gasteiger partial charge is 0.493 e. The van der Waals surface area contributed by atoms with Gasteiger partial charge >= 0.3 is 5.63 Å². The van der Waals surface area contributed by atoms with Crippen LogP contribution < -0.4 is 19.8 Å². The third-order valence-corrected chi connectivity index (χ3v) is 5.96. The monoisotopic (exact) mass is 490 g/mol. The smallest absolute Gasteiger partial charge is 0.348 e. The first kappa shape index (κ1) is 22.6. The number of ketones is 1. The minimum Gasteiger partial charge on any atom is -0.493 e. The number of carbonyl (C=O) groups is 1. The van der Waals surface area contributed by atoms with Gasteiger partial charge in [-0.15, -0.1) is 0 Å². The molecule has 5 aromatic rings. The number of rotatable bonds is 6. The summed E-state index contributed by atoms with van der Waals surface area (Å²) in [4.78, 5) is 26.8. The van der Waals surface area contributed by atoms with Crippen LogP contribution >= 0.6 is 11.6 Å². The Balaban J connectivity index is 1.90. The van der Waals surface area contributed by atoms with Crippen LogP contribution in [0, 0.1) is 0 Å². The molecule has 3 aromatic carbocycles. The van der Waals surface area contributed by atoms with Gasteiger partial charge in [-0.3, -0.25) is 4.79 Å². The second-order valence-corrected chi connectivity index (χ2v) is 8.08. The molecule has 0 bridgehead atoms. The molecule has 8 heteroatoms. The van der Waals surface area contributed by atoms with Crippen LogP contribution in [-0.4, -0.2) is 27.1 Å². The van der Waals surface area contributed by atoms with E-state index >= 15 is 0 Å². The summed E-state index contributed by atoms with van der Waals surface area (Å²) in [7, 11) is 4.45. The highest BCUT2D eigenvalue weighted by atomic mass is 35.5. The van der Waals surface area contributed by atoms with Crippen molar-refractivity contribution < 1.29 is 27.8 Å². The van der Waals surface area contributed by atoms with Crippen molar-refractivity contribution in [3.05, 3.63) is 87.4 Å². The van der Waals surface area contributed by atoms with Crippen LogP contribution in [-0.2, 0) is 0 Å². The number of hydrogen-bond donors (Lipinski definition) is 0. The van der Waals surface area contributed by atoms with Crippen LogP contribution in [0.3, 0.4) is 0 Å². The molecule has 176 valence electrons. The van der Waals surface area contributed by atoms with E-state index in [9.17, 15) is 9.59 Å². The predicted molar refractivity (Wildman–Crippen MR) is 132 cm³/mol. The molecule has 0 aliphatic rings. The third-order valence-electron chi connectivity index (χ3n) is 5.71. The molecule has 0 saturated heterocycles. The van der Waals surface area contributed by atoms with Crippen molar-refractivity contribution in [2.24, 2.45) is 0 Å². The minimum atomic E-state index is -0.638. The number of carbonyl (C=O) groups excluding carboxylic acids is 1. The molecule has 0 atom stereocenters. The molecule has 5 rings (SSSR count). The molecular formula is C27H19ClO7. The molecular weight excluding hydrogens is 472 g/mol. The Morgan fingerprint density at radius 2 is 1.51 bits per heavy atom. The SMILES string of the molecule is COc1cc(-c2c(C(=O)c3ccc(Cl)cc3)oc3c2c(=O)oc2ccccc23)cc(OC)c1OC. The van der Waals surface area contributed by atoms with Crippen LogP contribution in [0.25, 0.3) is 33.1 Å². The van der Waals surface area contributed by atoms with E-state index < -0.39 is 11.4 Å². The van der Waals surface area contributed by atoms with Crippen LogP contribution in [0.1, 0.15) is 16.1 Å². The fourth-order valence-corrected chi connectivity index (χ4v) is 4.23. The van der Waals surface area contributed by atoms with Gasteiger partial charge in [-0.05, 0) is 54.1 Å². The third kappa shape index (κ3) is 3.70. The van der Waals surface area contributed by atoms with Gasteiger partial charge in [0.1, 0.15) is 11.0 Å². The number of halogens is 1. The molecule has 0 fully saturated rings. The van der Waals surface area contributed by atoms with Gasteiger partial charge < -0.3 is 23.0 Å². The number of para-hydroxylation sites is 1. The highest BCUT2D eigenvalue weighted by Gasteiger charge is 2.29. The van der Waals surface area contributed by atoms with E-state index in [1.54, 1.807) is 60.7 Å². The Morgan fingerprint density at radius 3 is 2.14 bits per heavy atom. The van der Waals surface area contributed by atoms with Gasteiger partial charge in [-0.25, -0.2) is 4.79 Å². The lowest BCUT2D eigenvalue weighted by Crippen LogP contribution is -2.04. The Labute approximate surface area is 204 Å². The lowest BCUT2D eigenvalue weighted by Gasteiger charge is -2.14. The summed E-state index contributed by atoms with van der Waals surface area (Å²) in [6.07, 6.45) is 0. The topological polar surface area (TPSA) is 88.1 Å². The van der Waals surface area contributed by atoms with Crippen molar-refractivity contribution in [2.45, 2.75) is 0 Å². The maximum atomic E-state index is 13.6. The van der Waals surface area contributed by atoms with Crippen molar-refractivity contribution in [3.8, 4) is 28.4 Å². The van der Waals surface area contributed by atoms with Crippen LogP contribution in [0.4, 0.5) is 0 Å².